The highest BCUT2D eigenvalue weighted by Crippen LogP contribution is 2.21. The molecule has 0 unspecified atom stereocenters. The molecule has 0 aliphatic carbocycles. The van der Waals surface area contributed by atoms with E-state index in [2.05, 4.69) is 31.2 Å². The van der Waals surface area contributed by atoms with Gasteiger partial charge in [-0.2, -0.15) is 0 Å². The molecule has 3 rings (SSSR count). The quantitative estimate of drug-likeness (QED) is 0.631. The number of H-pyrrole nitrogens is 1. The molecule has 0 fully saturated rings. The molecule has 0 bridgehead atoms. The van der Waals surface area contributed by atoms with Gasteiger partial charge in [0.05, 0.1) is 11.0 Å². The van der Waals surface area contributed by atoms with Crippen LogP contribution in [-0.2, 0) is 0 Å². The summed E-state index contributed by atoms with van der Waals surface area (Å²) in [6, 6.07) is 12.6. The van der Waals surface area contributed by atoms with Crippen LogP contribution in [0.1, 0.15) is 10.4 Å². The van der Waals surface area contributed by atoms with Crippen molar-refractivity contribution < 1.29 is 4.79 Å². The second-order valence-electron chi connectivity index (χ2n) is 4.29. The van der Waals surface area contributed by atoms with Crippen LogP contribution >= 0.6 is 15.9 Å². The number of aromatic amines is 1. The number of halogens is 1. The number of benzene rings is 2. The fraction of sp³-hybridized carbons (Fsp3) is 0. The molecule has 0 aliphatic rings. The predicted octanol–water partition coefficient (Wildman–Crippen LogP) is 3.16. The second kappa shape index (κ2) is 4.97. The minimum atomic E-state index is -0.261. The molecule has 6 heteroatoms. The Labute approximate surface area is 123 Å². The highest BCUT2D eigenvalue weighted by molar-refractivity contribution is 9.10. The summed E-state index contributed by atoms with van der Waals surface area (Å²) in [7, 11) is 0. The largest absolute Gasteiger partial charge is 0.398 e. The lowest BCUT2D eigenvalue weighted by Gasteiger charge is -2.04. The summed E-state index contributed by atoms with van der Waals surface area (Å²) < 4.78 is 0.762. The summed E-state index contributed by atoms with van der Waals surface area (Å²) in [5, 5.41) is 2.72. The number of para-hydroxylation sites is 2. The zero-order valence-electron chi connectivity index (χ0n) is 10.4. The van der Waals surface area contributed by atoms with E-state index in [4.69, 9.17) is 5.73 Å². The van der Waals surface area contributed by atoms with E-state index < -0.39 is 0 Å². The van der Waals surface area contributed by atoms with Crippen LogP contribution in [0.5, 0.6) is 0 Å². The van der Waals surface area contributed by atoms with Gasteiger partial charge in [-0.05, 0) is 46.3 Å². The molecule has 2 aromatic carbocycles. The molecule has 0 radical (unpaired) electrons. The molecule has 1 amide bonds. The first kappa shape index (κ1) is 12.7. The Morgan fingerprint density at radius 2 is 2.05 bits per heavy atom. The van der Waals surface area contributed by atoms with Crippen LogP contribution in [-0.4, -0.2) is 15.9 Å². The summed E-state index contributed by atoms with van der Waals surface area (Å²) in [4.78, 5) is 19.4. The SMILES string of the molecule is Nc1cc(C(=O)Nc2nc3ccccc3[nH]2)ccc1Br. The molecule has 0 spiro atoms. The molecular formula is C14H11BrN4O. The first-order chi connectivity index (χ1) is 9.63. The zero-order chi connectivity index (χ0) is 14.1. The molecular weight excluding hydrogens is 320 g/mol. The van der Waals surface area contributed by atoms with E-state index in [0.717, 1.165) is 15.5 Å². The standard InChI is InChI=1S/C14H11BrN4O/c15-9-6-5-8(7-10(9)16)13(20)19-14-17-11-3-1-2-4-12(11)18-14/h1-7H,16H2,(H2,17,18,19,20). The van der Waals surface area contributed by atoms with Crippen molar-refractivity contribution in [2.45, 2.75) is 0 Å². The minimum absolute atomic E-state index is 0.261. The van der Waals surface area contributed by atoms with Crippen molar-refractivity contribution in [2.24, 2.45) is 0 Å². The van der Waals surface area contributed by atoms with Gasteiger partial charge in [-0.3, -0.25) is 10.1 Å². The highest BCUT2D eigenvalue weighted by atomic mass is 79.9. The van der Waals surface area contributed by atoms with E-state index in [1.165, 1.54) is 0 Å². The van der Waals surface area contributed by atoms with Crippen LogP contribution in [0.2, 0.25) is 0 Å². The molecule has 1 heterocycles. The van der Waals surface area contributed by atoms with Crippen molar-refractivity contribution in [1.29, 1.82) is 0 Å². The van der Waals surface area contributed by atoms with Gasteiger partial charge in [0.2, 0.25) is 5.95 Å². The van der Waals surface area contributed by atoms with Crippen molar-refractivity contribution in [3.8, 4) is 0 Å². The molecule has 0 saturated carbocycles. The monoisotopic (exact) mass is 330 g/mol. The molecule has 0 aliphatic heterocycles. The van der Waals surface area contributed by atoms with Crippen molar-refractivity contribution in [3.63, 3.8) is 0 Å². The van der Waals surface area contributed by atoms with E-state index in [-0.39, 0.29) is 5.91 Å². The number of rotatable bonds is 2. The first-order valence-corrected chi connectivity index (χ1v) is 6.74. The number of aromatic nitrogens is 2. The normalized spacial score (nSPS) is 10.7. The fourth-order valence-corrected chi connectivity index (χ4v) is 2.12. The number of imidazole rings is 1. The number of amides is 1. The lowest BCUT2D eigenvalue weighted by Crippen LogP contribution is -2.13. The van der Waals surface area contributed by atoms with E-state index in [9.17, 15) is 4.79 Å². The summed E-state index contributed by atoms with van der Waals surface area (Å²) in [5.41, 5.74) is 8.43. The third-order valence-corrected chi connectivity index (χ3v) is 3.60. The van der Waals surface area contributed by atoms with Crippen molar-refractivity contribution >= 4 is 44.5 Å². The van der Waals surface area contributed by atoms with Crippen LogP contribution in [0.25, 0.3) is 11.0 Å². The van der Waals surface area contributed by atoms with Crippen LogP contribution in [0.15, 0.2) is 46.9 Å². The van der Waals surface area contributed by atoms with Gasteiger partial charge in [0, 0.05) is 15.7 Å². The van der Waals surface area contributed by atoms with Crippen molar-refractivity contribution in [2.75, 3.05) is 11.1 Å². The molecule has 3 aromatic rings. The number of hydrogen-bond donors (Lipinski definition) is 3. The van der Waals surface area contributed by atoms with Crippen LogP contribution in [0.3, 0.4) is 0 Å². The molecule has 5 nitrogen and oxygen atoms in total. The van der Waals surface area contributed by atoms with Gasteiger partial charge in [0.1, 0.15) is 0 Å². The third-order valence-electron chi connectivity index (χ3n) is 2.88. The number of nitrogens with two attached hydrogens (primary N) is 1. The number of nitrogens with zero attached hydrogens (tertiary/aromatic N) is 1. The Kier molecular flexibility index (Phi) is 3.15. The Balaban J connectivity index is 1.86. The third kappa shape index (κ3) is 2.37. The lowest BCUT2D eigenvalue weighted by molar-refractivity contribution is 0.102. The average molecular weight is 331 g/mol. The molecule has 0 saturated heterocycles. The van der Waals surface area contributed by atoms with Crippen molar-refractivity contribution in [1.82, 2.24) is 9.97 Å². The Hall–Kier alpha value is -2.34. The van der Waals surface area contributed by atoms with E-state index in [0.29, 0.717) is 17.2 Å². The van der Waals surface area contributed by atoms with Gasteiger partial charge in [0.25, 0.3) is 5.91 Å². The van der Waals surface area contributed by atoms with Crippen molar-refractivity contribution in [3.05, 3.63) is 52.5 Å². The van der Waals surface area contributed by atoms with Crippen LogP contribution in [0.4, 0.5) is 11.6 Å². The number of nitrogen functional groups attached to an aromatic ring is 1. The molecule has 100 valence electrons. The number of fused-ring (bicyclic) bond motifs is 1. The molecule has 4 N–H and O–H groups in total. The molecule has 20 heavy (non-hydrogen) atoms. The number of hydrogen-bond acceptors (Lipinski definition) is 3. The van der Waals surface area contributed by atoms with Gasteiger partial charge in [-0.15, -0.1) is 0 Å². The van der Waals surface area contributed by atoms with Crippen LogP contribution in [0, 0.1) is 0 Å². The predicted molar refractivity (Wildman–Crippen MR) is 82.6 cm³/mol. The van der Waals surface area contributed by atoms with E-state index in [1.54, 1.807) is 18.2 Å². The van der Waals surface area contributed by atoms with Gasteiger partial charge in [-0.1, -0.05) is 12.1 Å². The highest BCUT2D eigenvalue weighted by Gasteiger charge is 2.10. The summed E-state index contributed by atoms with van der Waals surface area (Å²) in [6.45, 7) is 0. The summed E-state index contributed by atoms with van der Waals surface area (Å²) >= 11 is 3.29. The van der Waals surface area contributed by atoms with Gasteiger partial charge >= 0.3 is 0 Å². The maximum Gasteiger partial charge on any atom is 0.258 e. The number of nitrogens with one attached hydrogen (secondary N) is 2. The van der Waals surface area contributed by atoms with Gasteiger partial charge in [-0.25, -0.2) is 4.98 Å². The van der Waals surface area contributed by atoms with Gasteiger partial charge < -0.3 is 10.7 Å². The first-order valence-electron chi connectivity index (χ1n) is 5.94. The average Bonchev–Trinajstić information content (AvgIpc) is 2.83. The van der Waals surface area contributed by atoms with E-state index in [1.807, 2.05) is 24.3 Å². The Morgan fingerprint density at radius 1 is 1.25 bits per heavy atom. The fourth-order valence-electron chi connectivity index (χ4n) is 1.88. The molecule has 1 aromatic heterocycles. The molecule has 0 atom stereocenters. The minimum Gasteiger partial charge on any atom is -0.398 e. The van der Waals surface area contributed by atoms with E-state index >= 15 is 0 Å². The van der Waals surface area contributed by atoms with Crippen LogP contribution < -0.4 is 11.1 Å². The number of anilines is 2. The number of carbonyl (C=O) groups excluding carboxylic acids is 1. The summed E-state index contributed by atoms with van der Waals surface area (Å²) in [6.07, 6.45) is 0. The summed E-state index contributed by atoms with van der Waals surface area (Å²) in [5.74, 6) is 0.154. The second-order valence-corrected chi connectivity index (χ2v) is 5.15. The zero-order valence-corrected chi connectivity index (χ0v) is 11.9. The Bertz CT molecular complexity index is 764. The maximum atomic E-state index is 12.1. The Morgan fingerprint density at radius 3 is 2.80 bits per heavy atom. The lowest BCUT2D eigenvalue weighted by atomic mass is 10.2. The smallest absolute Gasteiger partial charge is 0.258 e. The van der Waals surface area contributed by atoms with Gasteiger partial charge in [0.15, 0.2) is 0 Å². The number of carbonyl (C=O) groups is 1. The maximum absolute atomic E-state index is 12.1. The topological polar surface area (TPSA) is 83.8 Å².